The number of hydrazine groups is 1. The van der Waals surface area contributed by atoms with Crippen LogP contribution in [0.15, 0.2) is 24.3 Å². The maximum Gasteiger partial charge on any atom is 0.242 e. The molecule has 5 nitrogen and oxygen atoms in total. The molecule has 1 atom stereocenters. The second-order valence-corrected chi connectivity index (χ2v) is 4.34. The van der Waals surface area contributed by atoms with Gasteiger partial charge in [-0.3, -0.25) is 14.8 Å². The fourth-order valence-electron chi connectivity index (χ4n) is 1.95. The van der Waals surface area contributed by atoms with Crippen molar-refractivity contribution in [3.8, 4) is 5.75 Å². The minimum absolute atomic E-state index is 0.0586. The molecule has 1 aromatic carbocycles. The average Bonchev–Trinajstić information content (AvgIpc) is 2.61. The van der Waals surface area contributed by atoms with Crippen LogP contribution in [0.1, 0.15) is 13.3 Å². The molecule has 1 amide bonds. The van der Waals surface area contributed by atoms with Gasteiger partial charge in [0.2, 0.25) is 5.91 Å². The lowest BCUT2D eigenvalue weighted by atomic mass is 10.3. The normalized spacial score (nSPS) is 17.6. The molecule has 0 spiro atoms. The highest BCUT2D eigenvalue weighted by atomic mass is 16.3. The van der Waals surface area contributed by atoms with Crippen molar-refractivity contribution in [3.63, 3.8) is 0 Å². The molecule has 0 saturated carbocycles. The number of amides is 1. The number of phenolic OH excluding ortho intramolecular Hbond substituents is 1. The van der Waals surface area contributed by atoms with Crippen molar-refractivity contribution < 1.29 is 9.90 Å². The van der Waals surface area contributed by atoms with Crippen LogP contribution in [-0.2, 0) is 4.79 Å². The first kappa shape index (κ1) is 11.7. The lowest BCUT2D eigenvalue weighted by Crippen LogP contribution is -2.45. The Kier molecular flexibility index (Phi) is 3.19. The smallest absolute Gasteiger partial charge is 0.242 e. The molecule has 1 saturated heterocycles. The van der Waals surface area contributed by atoms with Gasteiger partial charge in [-0.1, -0.05) is 0 Å². The van der Waals surface area contributed by atoms with Gasteiger partial charge in [-0.25, -0.2) is 0 Å². The maximum atomic E-state index is 11.7. The Morgan fingerprint density at radius 3 is 2.65 bits per heavy atom. The van der Waals surface area contributed by atoms with Crippen molar-refractivity contribution in [3.05, 3.63) is 24.3 Å². The molecule has 1 aliphatic heterocycles. The van der Waals surface area contributed by atoms with E-state index < -0.39 is 0 Å². The lowest BCUT2D eigenvalue weighted by molar-refractivity contribution is -0.128. The van der Waals surface area contributed by atoms with Crippen molar-refractivity contribution in [2.24, 2.45) is 5.73 Å². The van der Waals surface area contributed by atoms with Crippen LogP contribution in [-0.4, -0.2) is 35.2 Å². The third kappa shape index (κ3) is 2.50. The Labute approximate surface area is 100 Å². The van der Waals surface area contributed by atoms with E-state index in [4.69, 9.17) is 5.73 Å². The summed E-state index contributed by atoms with van der Waals surface area (Å²) < 4.78 is 0. The van der Waals surface area contributed by atoms with E-state index in [0.29, 0.717) is 19.5 Å². The number of aromatic hydroxyl groups is 1. The van der Waals surface area contributed by atoms with Gasteiger partial charge in [0, 0.05) is 19.0 Å². The predicted octanol–water partition coefficient (Wildman–Crippen LogP) is 0.693. The predicted molar refractivity (Wildman–Crippen MR) is 65.4 cm³/mol. The van der Waals surface area contributed by atoms with Crippen molar-refractivity contribution >= 4 is 11.6 Å². The summed E-state index contributed by atoms with van der Waals surface area (Å²) in [7, 11) is 0. The van der Waals surface area contributed by atoms with E-state index in [9.17, 15) is 9.90 Å². The fourth-order valence-corrected chi connectivity index (χ4v) is 1.95. The van der Waals surface area contributed by atoms with Gasteiger partial charge >= 0.3 is 0 Å². The zero-order valence-electron chi connectivity index (χ0n) is 9.84. The Hall–Kier alpha value is -1.75. The summed E-state index contributed by atoms with van der Waals surface area (Å²) >= 11 is 0. The number of carbonyl (C=O) groups is 1. The molecule has 1 fully saturated rings. The summed E-state index contributed by atoms with van der Waals surface area (Å²) in [4.78, 5) is 11.7. The van der Waals surface area contributed by atoms with Crippen LogP contribution in [0.2, 0.25) is 0 Å². The summed E-state index contributed by atoms with van der Waals surface area (Å²) in [5.74, 6) is 0.313. The Balaban J connectivity index is 2.19. The molecule has 1 aliphatic rings. The molecular formula is C12H17N3O2. The Morgan fingerprint density at radius 2 is 2.06 bits per heavy atom. The number of nitrogens with two attached hydrogens (primary N) is 1. The van der Waals surface area contributed by atoms with Crippen LogP contribution in [0.25, 0.3) is 0 Å². The van der Waals surface area contributed by atoms with Crippen LogP contribution in [0.4, 0.5) is 5.69 Å². The third-order valence-corrected chi connectivity index (χ3v) is 2.73. The average molecular weight is 235 g/mol. The van der Waals surface area contributed by atoms with Gasteiger partial charge in [0.25, 0.3) is 0 Å². The molecule has 2 rings (SSSR count). The van der Waals surface area contributed by atoms with Crippen molar-refractivity contribution in [2.45, 2.75) is 19.4 Å². The first-order valence-electron chi connectivity index (χ1n) is 5.70. The second-order valence-electron chi connectivity index (χ2n) is 4.34. The van der Waals surface area contributed by atoms with Crippen LogP contribution >= 0.6 is 0 Å². The van der Waals surface area contributed by atoms with E-state index in [1.165, 1.54) is 0 Å². The molecule has 3 N–H and O–H groups in total. The minimum Gasteiger partial charge on any atom is -0.508 e. The number of phenols is 1. The molecule has 0 aromatic heterocycles. The van der Waals surface area contributed by atoms with E-state index in [1.807, 2.05) is 11.9 Å². The molecule has 1 heterocycles. The van der Waals surface area contributed by atoms with Gasteiger partial charge in [0.05, 0.1) is 12.2 Å². The zero-order chi connectivity index (χ0) is 12.4. The first-order valence-corrected chi connectivity index (χ1v) is 5.70. The maximum absolute atomic E-state index is 11.7. The quantitative estimate of drug-likeness (QED) is 0.809. The van der Waals surface area contributed by atoms with Crippen LogP contribution in [0, 0.1) is 0 Å². The van der Waals surface area contributed by atoms with E-state index >= 15 is 0 Å². The number of hydrogen-bond donors (Lipinski definition) is 2. The summed E-state index contributed by atoms with van der Waals surface area (Å²) in [5, 5.41) is 12.8. The monoisotopic (exact) mass is 235 g/mol. The topological polar surface area (TPSA) is 69.8 Å². The molecule has 5 heteroatoms. The van der Waals surface area contributed by atoms with Gasteiger partial charge in [0.15, 0.2) is 0 Å². The number of rotatable bonds is 3. The van der Waals surface area contributed by atoms with Crippen molar-refractivity contribution in [2.75, 3.05) is 18.1 Å². The summed E-state index contributed by atoms with van der Waals surface area (Å²) in [5.41, 5.74) is 6.64. The SMILES string of the molecule is CC(N)CN1C(=O)CCN1c1ccc(O)cc1. The molecule has 17 heavy (non-hydrogen) atoms. The number of anilines is 1. The summed E-state index contributed by atoms with van der Waals surface area (Å²) in [6.45, 7) is 3.05. The molecule has 0 bridgehead atoms. The largest absolute Gasteiger partial charge is 0.508 e. The third-order valence-electron chi connectivity index (χ3n) is 2.73. The zero-order valence-corrected chi connectivity index (χ0v) is 9.84. The van der Waals surface area contributed by atoms with Crippen molar-refractivity contribution in [1.82, 2.24) is 5.01 Å². The number of nitrogens with zero attached hydrogens (tertiary/aromatic N) is 2. The van der Waals surface area contributed by atoms with Crippen LogP contribution in [0.5, 0.6) is 5.75 Å². The lowest BCUT2D eigenvalue weighted by Gasteiger charge is -2.31. The molecule has 0 radical (unpaired) electrons. The highest BCUT2D eigenvalue weighted by Crippen LogP contribution is 2.24. The van der Waals surface area contributed by atoms with Gasteiger partial charge in [-0.05, 0) is 31.2 Å². The van der Waals surface area contributed by atoms with E-state index in [2.05, 4.69) is 0 Å². The van der Waals surface area contributed by atoms with E-state index in [1.54, 1.807) is 29.3 Å². The van der Waals surface area contributed by atoms with Crippen LogP contribution < -0.4 is 10.7 Å². The van der Waals surface area contributed by atoms with E-state index in [-0.39, 0.29) is 17.7 Å². The molecule has 0 aliphatic carbocycles. The number of carbonyl (C=O) groups excluding carboxylic acids is 1. The minimum atomic E-state index is -0.0586. The highest BCUT2D eigenvalue weighted by molar-refractivity contribution is 5.81. The van der Waals surface area contributed by atoms with Crippen LogP contribution in [0.3, 0.4) is 0 Å². The Morgan fingerprint density at radius 1 is 1.41 bits per heavy atom. The number of hydrogen-bond acceptors (Lipinski definition) is 4. The second kappa shape index (κ2) is 4.63. The summed E-state index contributed by atoms with van der Waals surface area (Å²) in [6.07, 6.45) is 0.508. The molecule has 1 aromatic rings. The van der Waals surface area contributed by atoms with Crippen molar-refractivity contribution in [1.29, 1.82) is 0 Å². The highest BCUT2D eigenvalue weighted by Gasteiger charge is 2.29. The molecule has 1 unspecified atom stereocenters. The first-order chi connectivity index (χ1) is 8.08. The fraction of sp³-hybridized carbons (Fsp3) is 0.417. The van der Waals surface area contributed by atoms with Gasteiger partial charge in [-0.2, -0.15) is 0 Å². The van der Waals surface area contributed by atoms with Gasteiger partial charge in [0.1, 0.15) is 5.75 Å². The molecular weight excluding hydrogens is 218 g/mol. The van der Waals surface area contributed by atoms with E-state index in [0.717, 1.165) is 5.69 Å². The molecule has 92 valence electrons. The number of benzene rings is 1. The van der Waals surface area contributed by atoms with Gasteiger partial charge < -0.3 is 10.8 Å². The standard InChI is InChI=1S/C12H17N3O2/c1-9(13)8-15-12(17)6-7-14(15)10-2-4-11(16)5-3-10/h2-5,9,16H,6-8,13H2,1H3. The summed E-state index contributed by atoms with van der Waals surface area (Å²) in [6, 6.07) is 6.76. The van der Waals surface area contributed by atoms with Gasteiger partial charge in [-0.15, -0.1) is 0 Å². The Bertz CT molecular complexity index is 403.